The Morgan fingerprint density at radius 3 is 2.79 bits per heavy atom. The van der Waals surface area contributed by atoms with Crippen LogP contribution in [0.2, 0.25) is 0 Å². The number of amides is 1. The standard InChI is InChI=1S/C23H28N4O/c1-15-11-18(13-19(14-25-2)22(15)24)16-3-4-21-17(12-16)7-10-27(23(21)28)20-5-8-26-9-6-20/h3-4,11-14,20,24-26H,5-10H2,1-2H3/b19-14-,24-22?. The second kappa shape index (κ2) is 7.76. The minimum atomic E-state index is 0.182. The smallest absolute Gasteiger partial charge is 0.254 e. The van der Waals surface area contributed by atoms with Crippen LogP contribution in [0.25, 0.3) is 5.57 Å². The van der Waals surface area contributed by atoms with E-state index in [4.69, 9.17) is 5.41 Å². The van der Waals surface area contributed by atoms with E-state index in [9.17, 15) is 4.79 Å². The number of carbonyl (C=O) groups excluding carboxylic acids is 1. The third-order valence-electron chi connectivity index (χ3n) is 5.97. The van der Waals surface area contributed by atoms with E-state index in [0.29, 0.717) is 11.8 Å². The average molecular weight is 377 g/mol. The van der Waals surface area contributed by atoms with Crippen molar-refractivity contribution in [3.63, 3.8) is 0 Å². The van der Waals surface area contributed by atoms with Crippen molar-refractivity contribution in [2.75, 3.05) is 26.7 Å². The summed E-state index contributed by atoms with van der Waals surface area (Å²) >= 11 is 0. The van der Waals surface area contributed by atoms with E-state index in [-0.39, 0.29) is 5.91 Å². The molecular weight excluding hydrogens is 348 g/mol. The molecule has 4 rings (SSSR count). The SMILES string of the molecule is CN/C=C1/C=C(c2ccc3c(c2)CCN(C2CCNCC2)C3=O)C=C(C)C1=N. The molecule has 1 fully saturated rings. The maximum Gasteiger partial charge on any atom is 0.254 e. The van der Waals surface area contributed by atoms with E-state index in [1.807, 2.05) is 38.4 Å². The van der Waals surface area contributed by atoms with Gasteiger partial charge in [-0.3, -0.25) is 10.2 Å². The average Bonchev–Trinajstić information content (AvgIpc) is 2.72. The second-order valence-electron chi connectivity index (χ2n) is 7.79. The number of piperidine rings is 1. The van der Waals surface area contributed by atoms with Gasteiger partial charge in [0.25, 0.3) is 5.91 Å². The van der Waals surface area contributed by atoms with Gasteiger partial charge in [-0.25, -0.2) is 0 Å². The molecule has 28 heavy (non-hydrogen) atoms. The lowest BCUT2D eigenvalue weighted by molar-refractivity contribution is 0.0623. The quantitative estimate of drug-likeness (QED) is 0.760. The molecule has 1 aromatic rings. The molecule has 1 saturated heterocycles. The first-order valence-electron chi connectivity index (χ1n) is 10.1. The number of hydrogen-bond donors (Lipinski definition) is 3. The minimum absolute atomic E-state index is 0.182. The van der Waals surface area contributed by atoms with Crippen molar-refractivity contribution in [3.8, 4) is 0 Å². The molecule has 0 radical (unpaired) electrons. The Labute approximate surface area is 166 Å². The summed E-state index contributed by atoms with van der Waals surface area (Å²) in [5, 5.41) is 14.6. The van der Waals surface area contributed by atoms with Crippen LogP contribution >= 0.6 is 0 Å². The van der Waals surface area contributed by atoms with Crippen molar-refractivity contribution < 1.29 is 4.79 Å². The largest absolute Gasteiger partial charge is 0.393 e. The molecule has 0 atom stereocenters. The van der Waals surface area contributed by atoms with Crippen molar-refractivity contribution in [1.82, 2.24) is 15.5 Å². The highest BCUT2D eigenvalue weighted by Gasteiger charge is 2.30. The van der Waals surface area contributed by atoms with Crippen LogP contribution in [0, 0.1) is 5.41 Å². The van der Waals surface area contributed by atoms with E-state index < -0.39 is 0 Å². The molecule has 2 aliphatic heterocycles. The first-order valence-corrected chi connectivity index (χ1v) is 10.1. The number of fused-ring (bicyclic) bond motifs is 1. The number of hydrogen-bond acceptors (Lipinski definition) is 4. The molecule has 1 aromatic carbocycles. The molecule has 0 saturated carbocycles. The summed E-state index contributed by atoms with van der Waals surface area (Å²) < 4.78 is 0. The Kier molecular flexibility index (Phi) is 5.18. The van der Waals surface area contributed by atoms with Crippen LogP contribution < -0.4 is 10.6 Å². The summed E-state index contributed by atoms with van der Waals surface area (Å²) in [6.45, 7) is 4.77. The van der Waals surface area contributed by atoms with Gasteiger partial charge in [-0.1, -0.05) is 12.1 Å². The predicted molar refractivity (Wildman–Crippen MR) is 114 cm³/mol. The van der Waals surface area contributed by atoms with Crippen LogP contribution in [0.1, 0.15) is 41.3 Å². The molecular formula is C23H28N4O. The number of rotatable bonds is 3. The summed E-state index contributed by atoms with van der Waals surface area (Å²) in [5.41, 5.74) is 6.56. The van der Waals surface area contributed by atoms with Crippen LogP contribution in [0.15, 0.2) is 47.7 Å². The zero-order chi connectivity index (χ0) is 19.7. The molecule has 3 aliphatic rings. The van der Waals surface area contributed by atoms with Gasteiger partial charge in [-0.2, -0.15) is 0 Å². The fraction of sp³-hybridized carbons (Fsp3) is 0.391. The van der Waals surface area contributed by atoms with Crippen molar-refractivity contribution in [1.29, 1.82) is 5.41 Å². The van der Waals surface area contributed by atoms with Gasteiger partial charge < -0.3 is 15.5 Å². The van der Waals surface area contributed by atoms with Gasteiger partial charge >= 0.3 is 0 Å². The number of allylic oxidation sites excluding steroid dienone is 5. The van der Waals surface area contributed by atoms with Gasteiger partial charge in [0.1, 0.15) is 0 Å². The lowest BCUT2D eigenvalue weighted by atomic mass is 9.88. The summed E-state index contributed by atoms with van der Waals surface area (Å²) in [6.07, 6.45) is 8.95. The molecule has 0 unspecified atom stereocenters. The van der Waals surface area contributed by atoms with Crippen LogP contribution in [0.4, 0.5) is 0 Å². The van der Waals surface area contributed by atoms with Gasteiger partial charge in [0.2, 0.25) is 0 Å². The lowest BCUT2D eigenvalue weighted by Gasteiger charge is -2.38. The van der Waals surface area contributed by atoms with Gasteiger partial charge in [-0.05, 0) is 79.8 Å². The third kappa shape index (κ3) is 3.42. The summed E-state index contributed by atoms with van der Waals surface area (Å²) in [6, 6.07) is 6.57. The monoisotopic (exact) mass is 376 g/mol. The molecule has 1 aliphatic carbocycles. The highest BCUT2D eigenvalue weighted by molar-refractivity contribution is 6.16. The highest BCUT2D eigenvalue weighted by Crippen LogP contribution is 2.30. The van der Waals surface area contributed by atoms with Gasteiger partial charge in [0.15, 0.2) is 0 Å². The molecule has 5 heteroatoms. The highest BCUT2D eigenvalue weighted by atomic mass is 16.2. The molecule has 2 heterocycles. The minimum Gasteiger partial charge on any atom is -0.393 e. The fourth-order valence-corrected chi connectivity index (χ4v) is 4.40. The Hall–Kier alpha value is -2.66. The van der Waals surface area contributed by atoms with Crippen LogP contribution in [0.3, 0.4) is 0 Å². The van der Waals surface area contributed by atoms with Gasteiger partial charge in [0.05, 0.1) is 5.71 Å². The number of benzene rings is 1. The predicted octanol–water partition coefficient (Wildman–Crippen LogP) is 2.90. The number of nitrogens with zero attached hydrogens (tertiary/aromatic N) is 1. The van der Waals surface area contributed by atoms with Gasteiger partial charge in [0, 0.05) is 37.0 Å². The molecule has 0 spiro atoms. The Morgan fingerprint density at radius 2 is 2.04 bits per heavy atom. The molecule has 146 valence electrons. The van der Waals surface area contributed by atoms with Crippen molar-refractivity contribution >= 4 is 17.2 Å². The van der Waals surface area contributed by atoms with Crippen LogP contribution in [0.5, 0.6) is 0 Å². The summed E-state index contributed by atoms with van der Waals surface area (Å²) in [5.74, 6) is 0.182. The lowest BCUT2D eigenvalue weighted by Crippen LogP contribution is -2.49. The topological polar surface area (TPSA) is 68.2 Å². The Bertz CT molecular complexity index is 903. The molecule has 0 bridgehead atoms. The number of carbonyl (C=O) groups is 1. The second-order valence-corrected chi connectivity index (χ2v) is 7.79. The summed E-state index contributed by atoms with van der Waals surface area (Å²) in [7, 11) is 1.85. The van der Waals surface area contributed by atoms with Crippen LogP contribution in [-0.4, -0.2) is 49.2 Å². The van der Waals surface area contributed by atoms with E-state index >= 15 is 0 Å². The number of nitrogens with one attached hydrogen (secondary N) is 3. The van der Waals surface area contributed by atoms with Crippen molar-refractivity contribution in [3.05, 3.63) is 64.4 Å². The van der Waals surface area contributed by atoms with Crippen LogP contribution in [-0.2, 0) is 6.42 Å². The fourth-order valence-electron chi connectivity index (χ4n) is 4.40. The van der Waals surface area contributed by atoms with E-state index in [0.717, 1.165) is 72.3 Å². The Morgan fingerprint density at radius 1 is 1.25 bits per heavy atom. The zero-order valence-corrected chi connectivity index (χ0v) is 16.6. The van der Waals surface area contributed by atoms with Crippen molar-refractivity contribution in [2.45, 2.75) is 32.2 Å². The molecule has 0 aromatic heterocycles. The van der Waals surface area contributed by atoms with Gasteiger partial charge in [-0.15, -0.1) is 0 Å². The molecule has 3 N–H and O–H groups in total. The zero-order valence-electron chi connectivity index (χ0n) is 16.6. The molecule has 5 nitrogen and oxygen atoms in total. The Balaban J connectivity index is 1.62. The third-order valence-corrected chi connectivity index (χ3v) is 5.97. The first-order chi connectivity index (χ1) is 13.6. The van der Waals surface area contributed by atoms with E-state index in [2.05, 4.69) is 27.7 Å². The maximum absolute atomic E-state index is 13.1. The van der Waals surface area contributed by atoms with Crippen molar-refractivity contribution in [2.24, 2.45) is 0 Å². The molecule has 1 amide bonds. The van der Waals surface area contributed by atoms with E-state index in [1.165, 1.54) is 0 Å². The normalized spacial score (nSPS) is 22.1. The van der Waals surface area contributed by atoms with E-state index in [1.54, 1.807) is 0 Å². The first kappa shape index (κ1) is 18.7. The summed E-state index contributed by atoms with van der Waals surface area (Å²) in [4.78, 5) is 15.2. The maximum atomic E-state index is 13.1.